The summed E-state index contributed by atoms with van der Waals surface area (Å²) in [7, 11) is 0. The predicted octanol–water partition coefficient (Wildman–Crippen LogP) is 8.42. The number of unbranched alkanes of at least 4 members (excludes halogenated alkanes) is 2. The number of urea groups is 2. The van der Waals surface area contributed by atoms with Crippen molar-refractivity contribution in [3.05, 3.63) is 118 Å². The number of nitrogens with one attached hydrogen (secondary N) is 2. The van der Waals surface area contributed by atoms with Gasteiger partial charge in [0, 0.05) is 72.6 Å². The first kappa shape index (κ1) is 63.9. The van der Waals surface area contributed by atoms with Crippen molar-refractivity contribution in [3.8, 4) is 23.0 Å². The van der Waals surface area contributed by atoms with Crippen molar-refractivity contribution in [1.29, 1.82) is 0 Å². The van der Waals surface area contributed by atoms with Gasteiger partial charge in [0.05, 0.1) is 79.0 Å². The molecule has 10 rings (SSSR count). The van der Waals surface area contributed by atoms with Gasteiger partial charge < -0.3 is 58.0 Å². The fourth-order valence-electron chi connectivity index (χ4n) is 12.8. The molecule has 6 aliphatic rings. The van der Waals surface area contributed by atoms with Crippen LogP contribution in [0.25, 0.3) is 0 Å². The maximum atomic E-state index is 16.5. The third kappa shape index (κ3) is 14.5. The molecule has 0 spiro atoms. The number of carbonyl (C=O) groups excluding carboxylic acids is 4. The van der Waals surface area contributed by atoms with Crippen LogP contribution < -0.4 is 29.6 Å². The first-order valence-electron chi connectivity index (χ1n) is 31.4. The molecule has 6 aliphatic heterocycles. The highest BCUT2D eigenvalue weighted by Gasteiger charge is 2.81. The molecule has 0 atom stereocenters. The third-order valence-corrected chi connectivity index (χ3v) is 16.6. The molecule has 88 heavy (non-hydrogen) atoms. The molecule has 22 heteroatoms. The summed E-state index contributed by atoms with van der Waals surface area (Å²) in [5, 5.41) is 5.74. The van der Waals surface area contributed by atoms with Crippen molar-refractivity contribution < 1.29 is 66.5 Å². The molecule has 2 saturated heterocycles. The number of hydrogen-bond donors (Lipinski definition) is 2. The highest BCUT2D eigenvalue weighted by Crippen LogP contribution is 2.66. The second-order valence-electron chi connectivity index (χ2n) is 24.8. The van der Waals surface area contributed by atoms with Crippen LogP contribution in [0.5, 0.6) is 23.0 Å². The first-order valence-corrected chi connectivity index (χ1v) is 31.4. The Morgan fingerprint density at radius 1 is 0.420 bits per heavy atom. The minimum Gasteiger partial charge on any atom is -0.491 e. The van der Waals surface area contributed by atoms with E-state index in [0.29, 0.717) is 88.7 Å². The van der Waals surface area contributed by atoms with Gasteiger partial charge >= 0.3 is 24.2 Å². The molecule has 6 amide bonds. The number of amides is 6. The van der Waals surface area contributed by atoms with Gasteiger partial charge in [0.15, 0.2) is 11.3 Å². The molecular weight excluding hydrogens is 1130 g/mol. The molecule has 4 aromatic carbocycles. The highest BCUT2D eigenvalue weighted by atomic mass is 16.6. The van der Waals surface area contributed by atoms with Crippen LogP contribution in [0.2, 0.25) is 0 Å². The van der Waals surface area contributed by atoms with Crippen LogP contribution in [0.4, 0.5) is 19.2 Å². The molecule has 2 fully saturated rings. The molecule has 8 bridgehead atoms. The molecule has 478 valence electrons. The van der Waals surface area contributed by atoms with Gasteiger partial charge in [0.2, 0.25) is 0 Å². The summed E-state index contributed by atoms with van der Waals surface area (Å²) >= 11 is 0. The van der Waals surface area contributed by atoms with Crippen molar-refractivity contribution in [3.63, 3.8) is 0 Å². The summed E-state index contributed by atoms with van der Waals surface area (Å²) in [4.78, 5) is 69.7. The zero-order valence-electron chi connectivity index (χ0n) is 52.3. The van der Waals surface area contributed by atoms with Gasteiger partial charge in [0.1, 0.15) is 60.6 Å². The lowest BCUT2D eigenvalue weighted by atomic mass is 9.79. The monoisotopic (exact) mass is 1220 g/mol. The lowest BCUT2D eigenvalue weighted by Gasteiger charge is -2.49. The summed E-state index contributed by atoms with van der Waals surface area (Å²) < 4.78 is 63.0. The lowest BCUT2D eigenvalue weighted by molar-refractivity contribution is -0.0796. The Labute approximate surface area is 517 Å². The van der Waals surface area contributed by atoms with Gasteiger partial charge in [-0.15, -0.1) is 0 Å². The van der Waals surface area contributed by atoms with E-state index < -0.39 is 34.7 Å². The molecule has 4 aromatic rings. The van der Waals surface area contributed by atoms with Crippen LogP contribution in [0.15, 0.2) is 84.9 Å². The van der Waals surface area contributed by atoms with Crippen LogP contribution in [-0.4, -0.2) is 196 Å². The number of ether oxygens (including phenoxy) is 10. The molecule has 0 aliphatic carbocycles. The molecule has 0 radical (unpaired) electrons. The Morgan fingerprint density at radius 2 is 0.716 bits per heavy atom. The summed E-state index contributed by atoms with van der Waals surface area (Å²) in [6.07, 6.45) is 2.36. The van der Waals surface area contributed by atoms with Crippen molar-refractivity contribution >= 4 is 24.2 Å². The Bertz CT molecular complexity index is 2690. The molecule has 0 aromatic heterocycles. The van der Waals surface area contributed by atoms with E-state index in [0.717, 1.165) is 72.2 Å². The Balaban J connectivity index is 0.999. The first-order chi connectivity index (χ1) is 42.6. The predicted molar refractivity (Wildman–Crippen MR) is 327 cm³/mol. The maximum Gasteiger partial charge on any atom is 0.407 e. The summed E-state index contributed by atoms with van der Waals surface area (Å²) in [5.41, 5.74) is 0.316. The topological polar surface area (TPSA) is 204 Å². The number of rotatable bonds is 12. The lowest BCUT2D eigenvalue weighted by Crippen LogP contribution is -2.62. The second-order valence-corrected chi connectivity index (χ2v) is 24.8. The van der Waals surface area contributed by atoms with Gasteiger partial charge in [-0.25, -0.2) is 19.2 Å². The quantitative estimate of drug-likeness (QED) is 0.128. The fourth-order valence-corrected chi connectivity index (χ4v) is 12.8. The van der Waals surface area contributed by atoms with Crippen LogP contribution in [-0.2, 0) is 65.9 Å². The van der Waals surface area contributed by atoms with Crippen molar-refractivity contribution in [1.82, 2.24) is 40.0 Å². The molecular formula is C66H90N8O14. The second kappa shape index (κ2) is 29.0. The average molecular weight is 1220 g/mol. The summed E-state index contributed by atoms with van der Waals surface area (Å²) in [6.45, 7) is 20.2. The zero-order chi connectivity index (χ0) is 61.7. The van der Waals surface area contributed by atoms with E-state index in [2.05, 4.69) is 20.4 Å². The summed E-state index contributed by atoms with van der Waals surface area (Å²) in [5.74, 6) is 2.20. The van der Waals surface area contributed by atoms with Gasteiger partial charge in [-0.2, -0.15) is 0 Å². The largest absolute Gasteiger partial charge is 0.491 e. The third-order valence-electron chi connectivity index (χ3n) is 16.6. The number of nitrogens with zero attached hydrogens (tertiary/aromatic N) is 6. The highest BCUT2D eigenvalue weighted by molar-refractivity contribution is 5.91. The SMILES string of the molecule is CC(C)(C)OC(=O)NCCCCN1CCOCCOc2ccc3c4c2CN2C(=O)N5Cc6c(ccc(c6CN6C(=O)N(C4)C2(c2ccccc2)C56c2ccccc2)OCCOCCN(CCCCNC(=O)OC(C)(C)C)CCOCCO3)OCCOCC1. The van der Waals surface area contributed by atoms with Crippen molar-refractivity contribution in [2.24, 2.45) is 0 Å². The number of carbonyl (C=O) groups is 4. The fraction of sp³-hybridized carbons (Fsp3) is 0.576. The number of hydrogen-bond acceptors (Lipinski definition) is 16. The van der Waals surface area contributed by atoms with Gasteiger partial charge in [-0.3, -0.25) is 29.4 Å². The van der Waals surface area contributed by atoms with Gasteiger partial charge in [0.25, 0.3) is 0 Å². The van der Waals surface area contributed by atoms with E-state index in [1.807, 2.05) is 146 Å². The van der Waals surface area contributed by atoms with Gasteiger partial charge in [-0.05, 0) is 105 Å². The van der Waals surface area contributed by atoms with E-state index in [1.165, 1.54) is 0 Å². The molecule has 2 N–H and O–H groups in total. The van der Waals surface area contributed by atoms with Gasteiger partial charge in [-0.1, -0.05) is 60.7 Å². The van der Waals surface area contributed by atoms with Crippen molar-refractivity contribution in [2.45, 2.75) is 116 Å². The summed E-state index contributed by atoms with van der Waals surface area (Å²) in [6, 6.07) is 26.9. The molecule has 0 saturated carbocycles. The van der Waals surface area contributed by atoms with E-state index in [1.54, 1.807) is 0 Å². The molecule has 0 unspecified atom stereocenters. The number of benzene rings is 4. The Hall–Kier alpha value is -7.08. The van der Waals surface area contributed by atoms with E-state index in [9.17, 15) is 9.59 Å². The Kier molecular flexibility index (Phi) is 21.1. The van der Waals surface area contributed by atoms with Crippen LogP contribution >= 0.6 is 0 Å². The molecule has 6 heterocycles. The van der Waals surface area contributed by atoms with Crippen LogP contribution in [0.3, 0.4) is 0 Å². The Morgan fingerprint density at radius 3 is 1.00 bits per heavy atom. The normalized spacial score (nSPS) is 21.9. The zero-order valence-corrected chi connectivity index (χ0v) is 52.3. The molecule has 22 nitrogen and oxygen atoms in total. The standard InChI is InChI=1S/C66H90N8O14/c1-63(2,3)87-59(75)67-25-13-15-27-69-29-33-79-37-41-83-55-21-23-57-53-47-73-62(78)74-48-54-52(46-72-61(77)71(45-51(53)55)65(73,49-17-9-7-10-18-49)66(72,74)50-19-11-8-12-20-50)56(84-42-38-80-34-30-69)22-24-58(54)86-44-40-82-36-32-70(31-35-81-39-43-85-57)28-16-14-26-68-60(76)88-64(4,5)6/h7-12,17-24H,13-16,25-48H2,1-6H3,(H,67,75)(H,68,76). The maximum absolute atomic E-state index is 16.5. The van der Waals surface area contributed by atoms with Crippen molar-refractivity contribution in [2.75, 3.05) is 132 Å². The average Bonchev–Trinajstić information content (AvgIpc) is 1.47. The minimum atomic E-state index is -1.47. The smallest absolute Gasteiger partial charge is 0.407 e. The van der Waals surface area contributed by atoms with Crippen LogP contribution in [0.1, 0.15) is 101 Å². The van der Waals surface area contributed by atoms with E-state index >= 15 is 9.59 Å². The minimum absolute atomic E-state index is 0.0571. The van der Waals surface area contributed by atoms with E-state index in [-0.39, 0.29) is 91.1 Å². The number of alkyl carbamates (subject to hydrolysis) is 2. The van der Waals surface area contributed by atoms with E-state index in [4.69, 9.17) is 47.4 Å². The van der Waals surface area contributed by atoms with Crippen LogP contribution in [0, 0.1) is 0 Å².